The zero-order valence-corrected chi connectivity index (χ0v) is 15.9. The van der Waals surface area contributed by atoms with Gasteiger partial charge in [0.25, 0.3) is 5.91 Å². The van der Waals surface area contributed by atoms with Gasteiger partial charge >= 0.3 is 20.1 Å². The molecule has 1 fully saturated rings. The van der Waals surface area contributed by atoms with E-state index in [0.29, 0.717) is 11.3 Å². The van der Waals surface area contributed by atoms with Gasteiger partial charge in [-0.3, -0.25) is 14.7 Å². The number of β-lactam (4-membered cyclic amide) rings is 1. The second-order valence-corrected chi connectivity index (χ2v) is 6.88. The predicted octanol–water partition coefficient (Wildman–Crippen LogP) is -0.00160. The lowest BCUT2D eigenvalue weighted by atomic mass is 9.99. The Kier molecular flexibility index (Phi) is 6.37. The molecule has 11 heteroatoms. The van der Waals surface area contributed by atoms with E-state index in [4.69, 9.17) is 14.1 Å². The second kappa shape index (κ2) is 8.94. The Morgan fingerprint density at radius 3 is 2.89 bits per heavy atom. The van der Waals surface area contributed by atoms with E-state index in [0.717, 1.165) is 4.90 Å². The van der Waals surface area contributed by atoms with Crippen molar-refractivity contribution in [1.82, 2.24) is 15.2 Å². The molecule has 3 heterocycles. The molecule has 0 bridgehead atoms. The van der Waals surface area contributed by atoms with E-state index < -0.39 is 30.2 Å². The number of carbonyl (C=O) groups is 3. The minimum Gasteiger partial charge on any atom is -0.539 e. The number of alkyl carbamates (subject to hydrolysis) is 1. The van der Waals surface area contributed by atoms with Crippen LogP contribution in [-0.4, -0.2) is 67.1 Å². The largest absolute Gasteiger partial charge is 0.539 e. The first-order valence-corrected chi connectivity index (χ1v) is 9.37. The number of aromatic nitrogens is 1. The number of ether oxygens (including phenoxy) is 2. The van der Waals surface area contributed by atoms with Crippen LogP contribution in [0.25, 0.3) is 0 Å². The van der Waals surface area contributed by atoms with E-state index in [1.165, 1.54) is 30.8 Å². The molecule has 146 valence electrons. The molecule has 2 atom stereocenters. The fraction of sp³-hybridized carbons (Fsp3) is 0.294. The van der Waals surface area contributed by atoms with Crippen molar-refractivity contribution in [3.05, 3.63) is 48.5 Å². The summed E-state index contributed by atoms with van der Waals surface area (Å²) in [5.74, 6) is -0.656. The molecule has 3 rings (SSSR count). The van der Waals surface area contributed by atoms with Crippen molar-refractivity contribution in [1.29, 1.82) is 0 Å². The fourth-order valence-electron chi connectivity index (χ4n) is 2.79. The number of pyridine rings is 1. The highest BCUT2D eigenvalue weighted by Crippen LogP contribution is 2.35. The number of carbonyl (C=O) groups excluding carboxylic acids is 3. The van der Waals surface area contributed by atoms with Gasteiger partial charge in [-0.15, -0.1) is 11.8 Å². The van der Waals surface area contributed by atoms with Gasteiger partial charge in [0.15, 0.2) is 12.3 Å². The van der Waals surface area contributed by atoms with Crippen molar-refractivity contribution in [3.8, 4) is 0 Å². The minimum absolute atomic E-state index is 0.0195. The van der Waals surface area contributed by atoms with Crippen LogP contribution in [0.5, 0.6) is 0 Å². The summed E-state index contributed by atoms with van der Waals surface area (Å²) in [6.07, 6.45) is 3.21. The van der Waals surface area contributed by atoms with Crippen molar-refractivity contribution >= 4 is 37.8 Å². The molecule has 2 aliphatic rings. The van der Waals surface area contributed by atoms with Crippen LogP contribution in [0.2, 0.25) is 0 Å². The average Bonchev–Trinajstić information content (AvgIpc) is 2.73. The van der Waals surface area contributed by atoms with Crippen LogP contribution >= 0.6 is 11.8 Å². The van der Waals surface area contributed by atoms with Crippen molar-refractivity contribution in [2.45, 2.75) is 17.2 Å². The first kappa shape index (κ1) is 20.0. The summed E-state index contributed by atoms with van der Waals surface area (Å²) in [4.78, 5) is 42.7. The first-order chi connectivity index (χ1) is 13.6. The molecule has 0 saturated carbocycles. The number of nitrogens with one attached hydrogen (secondary N) is 1. The van der Waals surface area contributed by atoms with Gasteiger partial charge in [-0.1, -0.05) is 12.7 Å². The van der Waals surface area contributed by atoms with Gasteiger partial charge in [-0.25, -0.2) is 9.59 Å². The maximum absolute atomic E-state index is 12.6. The van der Waals surface area contributed by atoms with Gasteiger partial charge < -0.3 is 19.4 Å². The lowest BCUT2D eigenvalue weighted by Gasteiger charge is -2.49. The average molecular weight is 403 g/mol. The predicted molar refractivity (Wildman–Crippen MR) is 102 cm³/mol. The Labute approximate surface area is 166 Å². The molecule has 0 unspecified atom stereocenters. The lowest BCUT2D eigenvalue weighted by molar-refractivity contribution is -0.182. The summed E-state index contributed by atoms with van der Waals surface area (Å²) in [5.41, 5.74) is 0.786. The molecule has 1 aromatic rings. The SMILES string of the molecule is BOC(=O)C1=C(CSc2ccncc2)CO[C@@H]2[C@H](NC(=O)OCC=C)C(=O)N12. The summed E-state index contributed by atoms with van der Waals surface area (Å²) < 4.78 is 15.4. The van der Waals surface area contributed by atoms with Crippen LogP contribution in [0, 0.1) is 0 Å². The Morgan fingerprint density at radius 2 is 2.21 bits per heavy atom. The maximum Gasteiger partial charge on any atom is 0.408 e. The molecule has 0 radical (unpaired) electrons. The van der Waals surface area contributed by atoms with Gasteiger partial charge in [0.1, 0.15) is 12.3 Å². The van der Waals surface area contributed by atoms with Crippen LogP contribution in [0.15, 0.2) is 53.3 Å². The van der Waals surface area contributed by atoms with E-state index in [1.807, 2.05) is 12.1 Å². The molecular formula is C17H18BN3O6S. The number of thioether (sulfide) groups is 1. The third-order valence-electron chi connectivity index (χ3n) is 4.09. The molecule has 0 aliphatic carbocycles. The molecule has 1 saturated heterocycles. The van der Waals surface area contributed by atoms with E-state index in [2.05, 4.69) is 16.9 Å². The molecule has 9 nitrogen and oxygen atoms in total. The number of hydrogen-bond donors (Lipinski definition) is 1. The molecular weight excluding hydrogens is 385 g/mol. The first-order valence-electron chi connectivity index (χ1n) is 8.38. The molecule has 0 spiro atoms. The van der Waals surface area contributed by atoms with Crippen LogP contribution in [0.1, 0.15) is 0 Å². The van der Waals surface area contributed by atoms with Crippen LogP contribution < -0.4 is 5.32 Å². The maximum atomic E-state index is 12.6. The van der Waals surface area contributed by atoms with Gasteiger partial charge in [-0.2, -0.15) is 0 Å². The smallest absolute Gasteiger partial charge is 0.408 e. The Bertz CT molecular complexity index is 818. The standard InChI is InChI=1S/C17H18BN3O6S/c1-2-7-25-17(24)20-12-14(22)21-13(16(23)27-18)10(8-26-15(12)21)9-28-11-3-5-19-6-4-11/h2-6,12,15H,1,7-9,18H2,(H,20,24)/t12-,15-/m1/s1. The molecule has 2 amide bonds. The van der Waals surface area contributed by atoms with E-state index in [1.54, 1.807) is 12.4 Å². The third-order valence-corrected chi connectivity index (χ3v) is 5.19. The summed E-state index contributed by atoms with van der Waals surface area (Å²) >= 11 is 1.48. The number of amides is 2. The lowest BCUT2D eigenvalue weighted by Crippen LogP contribution is -2.73. The van der Waals surface area contributed by atoms with Crippen molar-refractivity contribution in [2.75, 3.05) is 19.0 Å². The van der Waals surface area contributed by atoms with E-state index >= 15 is 0 Å². The van der Waals surface area contributed by atoms with E-state index in [9.17, 15) is 14.4 Å². The number of fused-ring (bicyclic) bond motifs is 1. The summed E-state index contributed by atoms with van der Waals surface area (Å²) in [6.45, 7) is 3.60. The van der Waals surface area contributed by atoms with E-state index in [-0.39, 0.29) is 18.9 Å². The molecule has 2 aliphatic heterocycles. The Morgan fingerprint density at radius 1 is 1.46 bits per heavy atom. The van der Waals surface area contributed by atoms with Crippen molar-refractivity contribution < 1.29 is 28.5 Å². The topological polar surface area (TPSA) is 107 Å². The third kappa shape index (κ3) is 4.05. The highest BCUT2D eigenvalue weighted by atomic mass is 32.2. The molecule has 1 aromatic heterocycles. The van der Waals surface area contributed by atoms with Gasteiger partial charge in [0, 0.05) is 23.0 Å². The monoisotopic (exact) mass is 403 g/mol. The second-order valence-electron chi connectivity index (χ2n) is 5.83. The van der Waals surface area contributed by atoms with Crippen LogP contribution in [0.3, 0.4) is 0 Å². The zero-order chi connectivity index (χ0) is 20.1. The molecule has 0 aromatic carbocycles. The zero-order valence-electron chi connectivity index (χ0n) is 15.1. The summed E-state index contributed by atoms with van der Waals surface area (Å²) in [5, 5.41) is 2.44. The summed E-state index contributed by atoms with van der Waals surface area (Å²) in [6, 6.07) is 2.77. The highest BCUT2D eigenvalue weighted by molar-refractivity contribution is 7.99. The Balaban J connectivity index is 1.74. The van der Waals surface area contributed by atoms with Gasteiger partial charge in [0.05, 0.1) is 6.61 Å². The van der Waals surface area contributed by atoms with Crippen molar-refractivity contribution in [2.24, 2.45) is 0 Å². The number of hydrogen-bond acceptors (Lipinski definition) is 8. The normalized spacial score (nSPS) is 20.7. The van der Waals surface area contributed by atoms with Crippen LogP contribution in [0.4, 0.5) is 4.79 Å². The molecule has 28 heavy (non-hydrogen) atoms. The quantitative estimate of drug-likeness (QED) is 0.294. The van der Waals surface area contributed by atoms with Crippen LogP contribution in [-0.2, 0) is 23.7 Å². The highest BCUT2D eigenvalue weighted by Gasteiger charge is 2.55. The fourth-order valence-corrected chi connectivity index (χ4v) is 3.66. The summed E-state index contributed by atoms with van der Waals surface area (Å²) in [7, 11) is 1.25. The van der Waals surface area contributed by atoms with Crippen molar-refractivity contribution in [3.63, 3.8) is 0 Å². The number of nitrogens with zero attached hydrogens (tertiary/aromatic N) is 2. The Hall–Kier alpha value is -2.79. The van der Waals surface area contributed by atoms with Gasteiger partial charge in [0.2, 0.25) is 0 Å². The molecule has 1 N–H and O–H groups in total. The van der Waals surface area contributed by atoms with Gasteiger partial charge in [-0.05, 0) is 17.7 Å². The minimum atomic E-state index is -0.925. The number of rotatable bonds is 7.